The molecule has 0 saturated carbocycles. The molecule has 4 rings (SSSR count). The Morgan fingerprint density at radius 3 is 2.52 bits per heavy atom. The van der Waals surface area contributed by atoms with Crippen LogP contribution in [0.25, 0.3) is 11.0 Å². The van der Waals surface area contributed by atoms with E-state index in [1.807, 2.05) is 74.4 Å². The maximum atomic E-state index is 13.3. The van der Waals surface area contributed by atoms with E-state index in [4.69, 9.17) is 10.1 Å². The van der Waals surface area contributed by atoms with E-state index >= 15 is 0 Å². The number of carbonyl (C=O) groups is 1. The number of pyridine rings is 1. The minimum atomic E-state index is -0.156. The number of rotatable bonds is 6. The Morgan fingerprint density at radius 1 is 1.10 bits per heavy atom. The van der Waals surface area contributed by atoms with Gasteiger partial charge in [-0.2, -0.15) is 10.2 Å². The van der Waals surface area contributed by atoms with Gasteiger partial charge in [0.25, 0.3) is 5.91 Å². The molecule has 0 aliphatic carbocycles. The second kappa shape index (κ2) is 8.34. The fourth-order valence-electron chi connectivity index (χ4n) is 4.00. The third-order valence-electron chi connectivity index (χ3n) is 5.55. The van der Waals surface area contributed by atoms with Gasteiger partial charge in [0.2, 0.25) is 0 Å². The van der Waals surface area contributed by atoms with Crippen LogP contribution in [0.3, 0.4) is 0 Å². The average molecular weight is 417 g/mol. The lowest BCUT2D eigenvalue weighted by molar-refractivity contribution is 0.0941. The molecular weight excluding hydrogens is 388 g/mol. The normalized spacial score (nSPS) is 12.3. The molecule has 1 aromatic carbocycles. The van der Waals surface area contributed by atoms with Crippen molar-refractivity contribution in [3.63, 3.8) is 0 Å². The predicted octanol–water partition coefficient (Wildman–Crippen LogP) is 4.11. The van der Waals surface area contributed by atoms with Crippen molar-refractivity contribution >= 4 is 16.9 Å². The predicted molar refractivity (Wildman–Crippen MR) is 121 cm³/mol. The third kappa shape index (κ3) is 4.08. The van der Waals surface area contributed by atoms with E-state index in [2.05, 4.69) is 22.5 Å². The van der Waals surface area contributed by atoms with E-state index < -0.39 is 0 Å². The fraction of sp³-hybridized carbons (Fsp3) is 0.333. The topological polar surface area (TPSA) is 77.6 Å². The van der Waals surface area contributed by atoms with Crippen molar-refractivity contribution in [1.82, 2.24) is 29.9 Å². The standard InChI is InChI=1S/C24H28N6O/c1-6-29-14-21(17(4)27-29)16(3)26-24(31)20-12-15(2)25-23-22(20)18(5)28-30(23)13-19-10-8-7-9-11-19/h7-12,14,16H,6,13H2,1-5H3,(H,26,31)/t16-/m0/s1. The summed E-state index contributed by atoms with van der Waals surface area (Å²) in [7, 11) is 0. The second-order valence-corrected chi connectivity index (χ2v) is 7.96. The van der Waals surface area contributed by atoms with Gasteiger partial charge in [-0.05, 0) is 46.2 Å². The summed E-state index contributed by atoms with van der Waals surface area (Å²) >= 11 is 0. The Balaban J connectivity index is 1.68. The molecule has 0 saturated heterocycles. The van der Waals surface area contributed by atoms with E-state index in [-0.39, 0.29) is 11.9 Å². The number of nitrogens with zero attached hydrogens (tertiary/aromatic N) is 5. The molecule has 3 aromatic heterocycles. The highest BCUT2D eigenvalue weighted by atomic mass is 16.1. The Hall–Kier alpha value is -3.48. The molecule has 0 radical (unpaired) electrons. The lowest BCUT2D eigenvalue weighted by atomic mass is 10.1. The largest absolute Gasteiger partial charge is 0.345 e. The lowest BCUT2D eigenvalue weighted by Gasteiger charge is -2.14. The number of carbonyl (C=O) groups excluding carboxylic acids is 1. The van der Waals surface area contributed by atoms with Crippen molar-refractivity contribution in [1.29, 1.82) is 0 Å². The van der Waals surface area contributed by atoms with Gasteiger partial charge < -0.3 is 5.32 Å². The first-order valence-corrected chi connectivity index (χ1v) is 10.6. The smallest absolute Gasteiger partial charge is 0.252 e. The molecule has 1 amide bonds. The minimum absolute atomic E-state index is 0.131. The summed E-state index contributed by atoms with van der Waals surface area (Å²) in [5.74, 6) is -0.131. The Morgan fingerprint density at radius 2 is 1.84 bits per heavy atom. The summed E-state index contributed by atoms with van der Waals surface area (Å²) in [4.78, 5) is 18.0. The Bertz CT molecular complexity index is 1240. The average Bonchev–Trinajstić information content (AvgIpc) is 3.27. The zero-order valence-corrected chi connectivity index (χ0v) is 18.7. The number of aryl methyl sites for hydroxylation is 4. The van der Waals surface area contributed by atoms with Gasteiger partial charge in [0.15, 0.2) is 5.65 Å². The Labute approximate surface area is 182 Å². The van der Waals surface area contributed by atoms with E-state index in [1.54, 1.807) is 0 Å². The maximum Gasteiger partial charge on any atom is 0.252 e. The van der Waals surface area contributed by atoms with E-state index in [0.717, 1.165) is 45.8 Å². The summed E-state index contributed by atoms with van der Waals surface area (Å²) in [5.41, 5.74) is 6.01. The first kappa shape index (κ1) is 20.8. The van der Waals surface area contributed by atoms with Crippen molar-refractivity contribution in [2.45, 2.75) is 53.8 Å². The van der Waals surface area contributed by atoms with Crippen LogP contribution < -0.4 is 5.32 Å². The van der Waals surface area contributed by atoms with Crippen LogP contribution in [0, 0.1) is 20.8 Å². The number of hydrogen-bond acceptors (Lipinski definition) is 4. The van der Waals surface area contributed by atoms with Crippen LogP contribution in [-0.2, 0) is 13.1 Å². The van der Waals surface area contributed by atoms with Crippen LogP contribution in [0.1, 0.15) is 58.5 Å². The van der Waals surface area contributed by atoms with Gasteiger partial charge in [0, 0.05) is 24.0 Å². The van der Waals surface area contributed by atoms with Gasteiger partial charge in [0.05, 0.1) is 34.9 Å². The van der Waals surface area contributed by atoms with Crippen LogP contribution in [-0.4, -0.2) is 30.5 Å². The monoisotopic (exact) mass is 416 g/mol. The van der Waals surface area contributed by atoms with E-state index in [1.165, 1.54) is 0 Å². The summed E-state index contributed by atoms with van der Waals surface area (Å²) in [6, 6.07) is 11.8. The zero-order chi connectivity index (χ0) is 22.1. The van der Waals surface area contributed by atoms with Crippen molar-refractivity contribution < 1.29 is 4.79 Å². The highest BCUT2D eigenvalue weighted by molar-refractivity contribution is 6.06. The molecular formula is C24H28N6O. The van der Waals surface area contributed by atoms with Crippen LogP contribution in [0.4, 0.5) is 0 Å². The number of aromatic nitrogens is 5. The van der Waals surface area contributed by atoms with Crippen LogP contribution in [0.15, 0.2) is 42.6 Å². The van der Waals surface area contributed by atoms with Crippen molar-refractivity contribution in [3.05, 3.63) is 76.4 Å². The van der Waals surface area contributed by atoms with Crippen molar-refractivity contribution in [2.24, 2.45) is 0 Å². The van der Waals surface area contributed by atoms with Gasteiger partial charge in [-0.3, -0.25) is 9.48 Å². The van der Waals surface area contributed by atoms with Gasteiger partial charge in [-0.25, -0.2) is 9.67 Å². The molecule has 0 aliphatic rings. The van der Waals surface area contributed by atoms with Crippen molar-refractivity contribution in [3.8, 4) is 0 Å². The van der Waals surface area contributed by atoms with Gasteiger partial charge >= 0.3 is 0 Å². The van der Waals surface area contributed by atoms with E-state index in [9.17, 15) is 4.79 Å². The molecule has 1 atom stereocenters. The fourth-order valence-corrected chi connectivity index (χ4v) is 4.00. The van der Waals surface area contributed by atoms with Crippen LogP contribution >= 0.6 is 0 Å². The number of nitrogens with one attached hydrogen (secondary N) is 1. The quantitative estimate of drug-likeness (QED) is 0.513. The summed E-state index contributed by atoms with van der Waals surface area (Å²) < 4.78 is 3.77. The summed E-state index contributed by atoms with van der Waals surface area (Å²) in [5, 5.41) is 13.1. The SMILES string of the molecule is CCn1cc([C@H](C)NC(=O)c2cc(C)nc3c2c(C)nn3Cc2ccccc2)c(C)n1. The van der Waals surface area contributed by atoms with Gasteiger partial charge in [-0.1, -0.05) is 30.3 Å². The molecule has 0 unspecified atom stereocenters. The number of hydrogen-bond donors (Lipinski definition) is 1. The molecule has 160 valence electrons. The molecule has 0 bridgehead atoms. The Kier molecular flexibility index (Phi) is 5.59. The first-order valence-electron chi connectivity index (χ1n) is 10.6. The number of amides is 1. The molecule has 7 nitrogen and oxygen atoms in total. The van der Waals surface area contributed by atoms with Gasteiger partial charge in [-0.15, -0.1) is 0 Å². The minimum Gasteiger partial charge on any atom is -0.345 e. The van der Waals surface area contributed by atoms with Crippen LogP contribution in [0.2, 0.25) is 0 Å². The highest BCUT2D eigenvalue weighted by Crippen LogP contribution is 2.24. The lowest BCUT2D eigenvalue weighted by Crippen LogP contribution is -2.27. The van der Waals surface area contributed by atoms with Crippen molar-refractivity contribution in [2.75, 3.05) is 0 Å². The molecule has 7 heteroatoms. The van der Waals surface area contributed by atoms with Gasteiger partial charge in [0.1, 0.15) is 0 Å². The van der Waals surface area contributed by atoms with Crippen LogP contribution in [0.5, 0.6) is 0 Å². The first-order chi connectivity index (χ1) is 14.9. The van der Waals surface area contributed by atoms with E-state index in [0.29, 0.717) is 12.1 Å². The number of fused-ring (bicyclic) bond motifs is 1. The second-order valence-electron chi connectivity index (χ2n) is 7.96. The zero-order valence-electron chi connectivity index (χ0n) is 18.7. The molecule has 0 aliphatic heterocycles. The molecule has 3 heterocycles. The molecule has 0 spiro atoms. The molecule has 1 N–H and O–H groups in total. The summed E-state index contributed by atoms with van der Waals surface area (Å²) in [6.07, 6.45) is 2.00. The maximum absolute atomic E-state index is 13.3. The third-order valence-corrected chi connectivity index (χ3v) is 5.55. The molecule has 0 fully saturated rings. The number of benzene rings is 1. The molecule has 4 aromatic rings. The summed E-state index contributed by atoms with van der Waals surface area (Å²) in [6.45, 7) is 11.2. The molecule has 31 heavy (non-hydrogen) atoms. The highest BCUT2D eigenvalue weighted by Gasteiger charge is 2.21.